The Morgan fingerprint density at radius 3 is 2.73 bits per heavy atom. The normalized spacial score (nSPS) is 12.7. The van der Waals surface area contributed by atoms with Gasteiger partial charge in [0.05, 0.1) is 18.2 Å². The van der Waals surface area contributed by atoms with Crippen molar-refractivity contribution in [1.29, 1.82) is 0 Å². The highest BCUT2D eigenvalue weighted by molar-refractivity contribution is 5.41. The van der Waals surface area contributed by atoms with E-state index in [0.29, 0.717) is 0 Å². The van der Waals surface area contributed by atoms with Crippen molar-refractivity contribution in [1.82, 2.24) is 9.55 Å². The molecular formula is C12H15N3. The summed E-state index contributed by atoms with van der Waals surface area (Å²) in [5.74, 6) is 0. The molecule has 78 valence electrons. The van der Waals surface area contributed by atoms with Gasteiger partial charge in [-0.15, -0.1) is 0 Å². The van der Waals surface area contributed by atoms with E-state index in [1.54, 1.807) is 6.33 Å². The van der Waals surface area contributed by atoms with Gasteiger partial charge in [-0.05, 0) is 25.5 Å². The van der Waals surface area contributed by atoms with E-state index in [2.05, 4.69) is 24.0 Å². The third kappa shape index (κ3) is 1.78. The number of nitrogens with two attached hydrogens (primary N) is 1. The Balaban J connectivity index is 2.55. The molecule has 1 aromatic carbocycles. The lowest BCUT2D eigenvalue weighted by molar-refractivity contribution is 0.751. The van der Waals surface area contributed by atoms with Gasteiger partial charge in [0.25, 0.3) is 0 Å². The smallest absolute Gasteiger partial charge is 0.0994 e. The number of benzene rings is 1. The Labute approximate surface area is 89.6 Å². The van der Waals surface area contributed by atoms with Crippen LogP contribution in [0.2, 0.25) is 0 Å². The van der Waals surface area contributed by atoms with E-state index in [-0.39, 0.29) is 6.04 Å². The van der Waals surface area contributed by atoms with Crippen LogP contribution in [0.25, 0.3) is 5.69 Å². The molecule has 0 saturated carbocycles. The van der Waals surface area contributed by atoms with Gasteiger partial charge in [-0.1, -0.05) is 18.2 Å². The van der Waals surface area contributed by atoms with Crippen molar-refractivity contribution < 1.29 is 0 Å². The highest BCUT2D eigenvalue weighted by atomic mass is 15.1. The SMILES string of the molecule is Cc1ccccc1-n1cncc1[C@@H](C)N. The number of rotatable bonds is 2. The Morgan fingerprint density at radius 2 is 2.07 bits per heavy atom. The lowest BCUT2D eigenvalue weighted by Gasteiger charge is -2.12. The molecule has 0 fully saturated rings. The minimum Gasteiger partial charge on any atom is -0.323 e. The zero-order valence-electron chi connectivity index (χ0n) is 9.01. The second-order valence-corrected chi connectivity index (χ2v) is 3.76. The van der Waals surface area contributed by atoms with Crippen molar-refractivity contribution in [2.24, 2.45) is 5.73 Å². The first-order valence-electron chi connectivity index (χ1n) is 5.04. The van der Waals surface area contributed by atoms with Crippen molar-refractivity contribution in [2.75, 3.05) is 0 Å². The van der Waals surface area contributed by atoms with Crippen LogP contribution in [-0.2, 0) is 0 Å². The molecule has 0 bridgehead atoms. The Morgan fingerprint density at radius 1 is 1.33 bits per heavy atom. The van der Waals surface area contributed by atoms with Gasteiger partial charge >= 0.3 is 0 Å². The lowest BCUT2D eigenvalue weighted by atomic mass is 10.2. The summed E-state index contributed by atoms with van der Waals surface area (Å²) in [6, 6.07) is 8.20. The van der Waals surface area contributed by atoms with Crippen LogP contribution < -0.4 is 5.73 Å². The molecular weight excluding hydrogens is 186 g/mol. The molecule has 1 heterocycles. The van der Waals surface area contributed by atoms with Crippen molar-refractivity contribution in [3.8, 4) is 5.69 Å². The number of para-hydroxylation sites is 1. The molecule has 2 N–H and O–H groups in total. The number of hydrogen-bond donors (Lipinski definition) is 1. The maximum atomic E-state index is 5.89. The summed E-state index contributed by atoms with van der Waals surface area (Å²) in [6.07, 6.45) is 3.62. The fourth-order valence-corrected chi connectivity index (χ4v) is 1.68. The van der Waals surface area contributed by atoms with Crippen LogP contribution in [0.15, 0.2) is 36.8 Å². The van der Waals surface area contributed by atoms with Gasteiger partial charge in [0.1, 0.15) is 0 Å². The lowest BCUT2D eigenvalue weighted by Crippen LogP contribution is -2.11. The molecule has 1 aromatic heterocycles. The van der Waals surface area contributed by atoms with Gasteiger partial charge < -0.3 is 10.3 Å². The first-order chi connectivity index (χ1) is 7.20. The van der Waals surface area contributed by atoms with E-state index >= 15 is 0 Å². The largest absolute Gasteiger partial charge is 0.323 e. The number of hydrogen-bond acceptors (Lipinski definition) is 2. The predicted molar refractivity (Wildman–Crippen MR) is 60.9 cm³/mol. The number of aromatic nitrogens is 2. The van der Waals surface area contributed by atoms with Crippen LogP contribution in [0.4, 0.5) is 0 Å². The van der Waals surface area contributed by atoms with Gasteiger partial charge in [0.2, 0.25) is 0 Å². The van der Waals surface area contributed by atoms with Gasteiger partial charge in [0.15, 0.2) is 0 Å². The third-order valence-corrected chi connectivity index (χ3v) is 2.51. The van der Waals surface area contributed by atoms with Crippen LogP contribution in [0, 0.1) is 6.92 Å². The molecule has 15 heavy (non-hydrogen) atoms. The van der Waals surface area contributed by atoms with Crippen LogP contribution >= 0.6 is 0 Å². The zero-order valence-corrected chi connectivity index (χ0v) is 9.01. The number of nitrogens with zero attached hydrogens (tertiary/aromatic N) is 2. The maximum Gasteiger partial charge on any atom is 0.0994 e. The van der Waals surface area contributed by atoms with Crippen LogP contribution in [0.1, 0.15) is 24.2 Å². The Kier molecular flexibility index (Phi) is 2.56. The highest BCUT2D eigenvalue weighted by Crippen LogP contribution is 2.18. The monoisotopic (exact) mass is 201 g/mol. The van der Waals surface area contributed by atoms with Gasteiger partial charge in [-0.25, -0.2) is 4.98 Å². The molecule has 0 amide bonds. The minimum atomic E-state index is -0.00731. The van der Waals surface area contributed by atoms with E-state index in [1.807, 2.05) is 29.8 Å². The topological polar surface area (TPSA) is 43.8 Å². The van der Waals surface area contributed by atoms with E-state index in [1.165, 1.54) is 5.56 Å². The molecule has 2 rings (SSSR count). The first-order valence-corrected chi connectivity index (χ1v) is 5.04. The van der Waals surface area contributed by atoms with Crippen molar-refractivity contribution in [2.45, 2.75) is 19.9 Å². The van der Waals surface area contributed by atoms with Gasteiger partial charge in [0, 0.05) is 11.7 Å². The molecule has 0 aliphatic heterocycles. The van der Waals surface area contributed by atoms with Crippen LogP contribution in [0.5, 0.6) is 0 Å². The number of aryl methyl sites for hydroxylation is 1. The summed E-state index contributed by atoms with van der Waals surface area (Å²) in [4.78, 5) is 4.14. The molecule has 1 atom stereocenters. The van der Waals surface area contributed by atoms with E-state index in [0.717, 1.165) is 11.4 Å². The average Bonchev–Trinajstić information content (AvgIpc) is 2.67. The number of imidazole rings is 1. The second kappa shape index (κ2) is 3.87. The fourth-order valence-electron chi connectivity index (χ4n) is 1.68. The fraction of sp³-hybridized carbons (Fsp3) is 0.250. The highest BCUT2D eigenvalue weighted by Gasteiger charge is 2.09. The van der Waals surface area contributed by atoms with Crippen molar-refractivity contribution in [3.05, 3.63) is 48.0 Å². The molecule has 0 aliphatic carbocycles. The summed E-state index contributed by atoms with van der Waals surface area (Å²) >= 11 is 0. The summed E-state index contributed by atoms with van der Waals surface area (Å²) in [5, 5.41) is 0. The second-order valence-electron chi connectivity index (χ2n) is 3.76. The quantitative estimate of drug-likeness (QED) is 0.809. The van der Waals surface area contributed by atoms with Crippen LogP contribution in [0.3, 0.4) is 0 Å². The molecule has 0 radical (unpaired) electrons. The predicted octanol–water partition coefficient (Wildman–Crippen LogP) is 2.20. The Bertz CT molecular complexity index is 457. The molecule has 0 aliphatic rings. The minimum absolute atomic E-state index is 0.00731. The molecule has 2 aromatic rings. The van der Waals surface area contributed by atoms with E-state index in [4.69, 9.17) is 5.73 Å². The zero-order chi connectivity index (χ0) is 10.8. The molecule has 0 unspecified atom stereocenters. The maximum absolute atomic E-state index is 5.89. The van der Waals surface area contributed by atoms with E-state index < -0.39 is 0 Å². The molecule has 3 nitrogen and oxygen atoms in total. The van der Waals surface area contributed by atoms with Gasteiger partial charge in [-0.2, -0.15) is 0 Å². The van der Waals surface area contributed by atoms with Gasteiger partial charge in [-0.3, -0.25) is 0 Å². The first kappa shape index (κ1) is 9.93. The average molecular weight is 201 g/mol. The summed E-state index contributed by atoms with van der Waals surface area (Å²) < 4.78 is 2.04. The Hall–Kier alpha value is -1.61. The molecule has 0 saturated heterocycles. The standard InChI is InChI=1S/C12H15N3/c1-9-5-3-4-6-11(9)15-8-14-7-12(15)10(2)13/h3-8,10H,13H2,1-2H3/t10-/m1/s1. The summed E-state index contributed by atoms with van der Waals surface area (Å²) in [5.41, 5.74) is 9.28. The third-order valence-electron chi connectivity index (χ3n) is 2.51. The van der Waals surface area contributed by atoms with Crippen molar-refractivity contribution in [3.63, 3.8) is 0 Å². The molecule has 3 heteroatoms. The summed E-state index contributed by atoms with van der Waals surface area (Å²) in [6.45, 7) is 4.05. The van der Waals surface area contributed by atoms with E-state index in [9.17, 15) is 0 Å². The summed E-state index contributed by atoms with van der Waals surface area (Å²) in [7, 11) is 0. The molecule has 0 spiro atoms. The van der Waals surface area contributed by atoms with Crippen molar-refractivity contribution >= 4 is 0 Å². The van der Waals surface area contributed by atoms with Crippen LogP contribution in [-0.4, -0.2) is 9.55 Å².